The molecule has 114 valence electrons. The number of aliphatic hydroxyl groups is 1. The fraction of sp³-hybridized carbons (Fsp3) is 0.250. The van der Waals surface area contributed by atoms with Crippen molar-refractivity contribution in [2.45, 2.75) is 20.4 Å². The summed E-state index contributed by atoms with van der Waals surface area (Å²) in [4.78, 5) is 8.79. The molecule has 22 heavy (non-hydrogen) atoms. The number of hydrogen-bond donors (Lipinski definition) is 2. The van der Waals surface area contributed by atoms with Crippen molar-refractivity contribution in [2.24, 2.45) is 0 Å². The molecule has 0 atom stereocenters. The summed E-state index contributed by atoms with van der Waals surface area (Å²) in [6, 6.07) is 7.92. The Kier molecular flexibility index (Phi) is 4.13. The van der Waals surface area contributed by atoms with Crippen LogP contribution >= 0.6 is 15.9 Å². The Balaban J connectivity index is 2.15. The molecule has 2 heterocycles. The van der Waals surface area contributed by atoms with Crippen molar-refractivity contribution in [1.29, 1.82) is 0 Å². The number of aliphatic hydroxyl groups excluding tert-OH is 1. The number of nitrogens with one attached hydrogen (secondary N) is 1. The molecule has 0 aliphatic rings. The highest BCUT2D eigenvalue weighted by Crippen LogP contribution is 2.32. The summed E-state index contributed by atoms with van der Waals surface area (Å²) in [7, 11) is 0. The van der Waals surface area contributed by atoms with Crippen LogP contribution in [0.15, 0.2) is 35.1 Å². The molecule has 0 aliphatic carbocycles. The van der Waals surface area contributed by atoms with E-state index >= 15 is 0 Å². The predicted octanol–water partition coefficient (Wildman–Crippen LogP) is 3.55. The van der Waals surface area contributed by atoms with Crippen molar-refractivity contribution in [3.05, 3.63) is 46.3 Å². The van der Waals surface area contributed by atoms with E-state index in [-0.39, 0.29) is 6.61 Å². The van der Waals surface area contributed by atoms with Gasteiger partial charge in [-0.05, 0) is 47.5 Å². The normalized spacial score (nSPS) is 11.1. The first-order chi connectivity index (χ1) is 10.6. The highest BCUT2D eigenvalue weighted by Gasteiger charge is 2.16. The lowest BCUT2D eigenvalue weighted by atomic mass is 10.2. The molecular formula is C16H17BrN4O. The summed E-state index contributed by atoms with van der Waals surface area (Å²) in [6.07, 6.45) is 1.55. The summed E-state index contributed by atoms with van der Waals surface area (Å²) in [6.45, 7) is 4.71. The van der Waals surface area contributed by atoms with Gasteiger partial charge in [-0.3, -0.25) is 0 Å². The molecule has 3 rings (SSSR count). The minimum absolute atomic E-state index is 0.0844. The van der Waals surface area contributed by atoms with Crippen molar-refractivity contribution in [2.75, 3.05) is 11.9 Å². The molecule has 2 aromatic heterocycles. The largest absolute Gasteiger partial charge is 0.395 e. The topological polar surface area (TPSA) is 63.0 Å². The second kappa shape index (κ2) is 6.06. The highest BCUT2D eigenvalue weighted by atomic mass is 79.9. The van der Waals surface area contributed by atoms with E-state index < -0.39 is 0 Å². The number of benzene rings is 1. The molecule has 0 amide bonds. The van der Waals surface area contributed by atoms with Gasteiger partial charge in [0, 0.05) is 16.7 Å². The van der Waals surface area contributed by atoms with Gasteiger partial charge < -0.3 is 15.0 Å². The molecular weight excluding hydrogens is 344 g/mol. The minimum atomic E-state index is 0.0844. The summed E-state index contributed by atoms with van der Waals surface area (Å²) in [5, 5.41) is 13.6. The van der Waals surface area contributed by atoms with Crippen LogP contribution in [0.4, 0.5) is 11.5 Å². The van der Waals surface area contributed by atoms with Crippen LogP contribution in [0.25, 0.3) is 11.0 Å². The molecule has 6 heteroatoms. The number of aromatic nitrogens is 3. The Bertz CT molecular complexity index is 828. The SMILES string of the molecule is Cc1c(C)n(CCO)c2ncnc(Nc3ccccc3Br)c12. The molecule has 0 aliphatic heterocycles. The number of rotatable bonds is 4. The fourth-order valence-corrected chi connectivity index (χ4v) is 3.01. The number of nitrogens with zero attached hydrogens (tertiary/aromatic N) is 3. The van der Waals surface area contributed by atoms with Gasteiger partial charge in [0.05, 0.1) is 17.7 Å². The Hall–Kier alpha value is -1.92. The summed E-state index contributed by atoms with van der Waals surface area (Å²) >= 11 is 3.54. The van der Waals surface area contributed by atoms with Gasteiger partial charge in [-0.1, -0.05) is 12.1 Å². The van der Waals surface area contributed by atoms with Gasteiger partial charge in [0.2, 0.25) is 0 Å². The van der Waals surface area contributed by atoms with Crippen LogP contribution in [0.5, 0.6) is 0 Å². The number of anilines is 2. The third-order valence-electron chi connectivity index (χ3n) is 3.86. The van der Waals surface area contributed by atoms with Crippen LogP contribution in [-0.2, 0) is 6.54 Å². The summed E-state index contributed by atoms with van der Waals surface area (Å²) in [5.41, 5.74) is 4.02. The molecule has 0 saturated carbocycles. The van der Waals surface area contributed by atoms with Gasteiger partial charge >= 0.3 is 0 Å². The fourth-order valence-electron chi connectivity index (χ4n) is 2.63. The third kappa shape index (κ3) is 2.48. The molecule has 3 aromatic rings. The minimum Gasteiger partial charge on any atom is -0.395 e. The smallest absolute Gasteiger partial charge is 0.146 e. The molecule has 2 N–H and O–H groups in total. The van der Waals surface area contributed by atoms with E-state index in [4.69, 9.17) is 0 Å². The van der Waals surface area contributed by atoms with Gasteiger partial charge in [0.1, 0.15) is 17.8 Å². The Labute approximate surface area is 137 Å². The van der Waals surface area contributed by atoms with Crippen LogP contribution < -0.4 is 5.32 Å². The van der Waals surface area contributed by atoms with Crippen LogP contribution in [0, 0.1) is 13.8 Å². The number of para-hydroxylation sites is 1. The molecule has 0 unspecified atom stereocenters. The first-order valence-corrected chi connectivity index (χ1v) is 7.85. The Morgan fingerprint density at radius 2 is 2.00 bits per heavy atom. The van der Waals surface area contributed by atoms with E-state index in [1.807, 2.05) is 35.8 Å². The van der Waals surface area contributed by atoms with Crippen molar-refractivity contribution < 1.29 is 5.11 Å². The average molecular weight is 361 g/mol. The standard InChI is InChI=1S/C16H17BrN4O/c1-10-11(2)21(7-8-22)16-14(10)15(18-9-19-16)20-13-6-4-3-5-12(13)17/h3-6,9,22H,7-8H2,1-2H3,(H,18,19,20). The maximum atomic E-state index is 9.27. The van der Waals surface area contributed by atoms with Crippen molar-refractivity contribution in [3.8, 4) is 0 Å². The van der Waals surface area contributed by atoms with E-state index in [2.05, 4.69) is 38.1 Å². The molecule has 0 bridgehead atoms. The van der Waals surface area contributed by atoms with Gasteiger partial charge in [-0.2, -0.15) is 0 Å². The Morgan fingerprint density at radius 1 is 1.23 bits per heavy atom. The molecule has 1 aromatic carbocycles. The van der Waals surface area contributed by atoms with E-state index in [0.717, 1.165) is 38.3 Å². The maximum Gasteiger partial charge on any atom is 0.146 e. The first-order valence-electron chi connectivity index (χ1n) is 7.06. The van der Waals surface area contributed by atoms with Crippen LogP contribution in [0.1, 0.15) is 11.3 Å². The number of hydrogen-bond acceptors (Lipinski definition) is 4. The zero-order valence-electron chi connectivity index (χ0n) is 12.5. The third-order valence-corrected chi connectivity index (χ3v) is 4.55. The van der Waals surface area contributed by atoms with Crippen LogP contribution in [0.2, 0.25) is 0 Å². The Morgan fingerprint density at radius 3 is 2.73 bits per heavy atom. The van der Waals surface area contributed by atoms with E-state index in [1.165, 1.54) is 0 Å². The highest BCUT2D eigenvalue weighted by molar-refractivity contribution is 9.10. The first kappa shape index (κ1) is 15.0. The maximum absolute atomic E-state index is 9.27. The van der Waals surface area contributed by atoms with Crippen LogP contribution in [0.3, 0.4) is 0 Å². The second-order valence-electron chi connectivity index (χ2n) is 5.11. The van der Waals surface area contributed by atoms with Crippen molar-refractivity contribution in [1.82, 2.24) is 14.5 Å². The number of halogens is 1. The lowest BCUT2D eigenvalue weighted by Crippen LogP contribution is -2.05. The molecule has 0 saturated heterocycles. The number of fused-ring (bicyclic) bond motifs is 1. The molecule has 0 spiro atoms. The van der Waals surface area contributed by atoms with Gasteiger partial charge in [-0.25, -0.2) is 9.97 Å². The molecule has 5 nitrogen and oxygen atoms in total. The summed E-state index contributed by atoms with van der Waals surface area (Å²) in [5.74, 6) is 0.772. The second-order valence-corrected chi connectivity index (χ2v) is 5.97. The van der Waals surface area contributed by atoms with Gasteiger partial charge in [0.25, 0.3) is 0 Å². The number of aryl methyl sites for hydroxylation is 1. The van der Waals surface area contributed by atoms with E-state index in [1.54, 1.807) is 6.33 Å². The summed E-state index contributed by atoms with van der Waals surface area (Å²) < 4.78 is 3.00. The monoisotopic (exact) mass is 360 g/mol. The lowest BCUT2D eigenvalue weighted by Gasteiger charge is -2.09. The molecule has 0 fully saturated rings. The van der Waals surface area contributed by atoms with Crippen molar-refractivity contribution >= 4 is 38.5 Å². The lowest BCUT2D eigenvalue weighted by molar-refractivity contribution is 0.276. The van der Waals surface area contributed by atoms with Crippen LogP contribution in [-0.4, -0.2) is 26.2 Å². The zero-order chi connectivity index (χ0) is 15.7. The van der Waals surface area contributed by atoms with E-state index in [0.29, 0.717) is 6.54 Å². The van der Waals surface area contributed by atoms with Crippen molar-refractivity contribution in [3.63, 3.8) is 0 Å². The molecule has 0 radical (unpaired) electrons. The van der Waals surface area contributed by atoms with Gasteiger partial charge in [-0.15, -0.1) is 0 Å². The quantitative estimate of drug-likeness (QED) is 0.746. The van der Waals surface area contributed by atoms with Gasteiger partial charge in [0.15, 0.2) is 0 Å². The average Bonchev–Trinajstić information content (AvgIpc) is 2.76. The zero-order valence-corrected chi connectivity index (χ0v) is 14.1. The predicted molar refractivity (Wildman–Crippen MR) is 91.5 cm³/mol. The van der Waals surface area contributed by atoms with E-state index in [9.17, 15) is 5.11 Å².